The molecule has 1 heterocycles. The van der Waals surface area contributed by atoms with E-state index < -0.39 is 11.9 Å². The van der Waals surface area contributed by atoms with Crippen LogP contribution >= 0.6 is 11.3 Å². The third kappa shape index (κ3) is 8.38. The number of carbonyl (C=O) groups is 3. The van der Waals surface area contributed by atoms with Crippen molar-refractivity contribution in [3.8, 4) is 0 Å². The average molecular weight is 330 g/mol. The molecule has 0 bridgehead atoms. The summed E-state index contributed by atoms with van der Waals surface area (Å²) in [6.07, 6.45) is 1.58. The minimum atomic E-state index is -1.82. The van der Waals surface area contributed by atoms with Crippen LogP contribution in [0.2, 0.25) is 0 Å². The summed E-state index contributed by atoms with van der Waals surface area (Å²) in [6, 6.07) is 4.00. The molecule has 22 heavy (non-hydrogen) atoms. The van der Waals surface area contributed by atoms with Crippen molar-refractivity contribution >= 4 is 34.2 Å². The maximum Gasteiger partial charge on any atom is 0.414 e. The molecular formula is C14H22N2O5S. The first kappa shape index (κ1) is 20.1. The van der Waals surface area contributed by atoms with Crippen LogP contribution in [0.4, 0.5) is 5.00 Å². The van der Waals surface area contributed by atoms with Crippen LogP contribution in [0.25, 0.3) is 0 Å². The molecule has 0 spiro atoms. The molecule has 2 N–H and O–H groups in total. The SMILES string of the molecule is CCC(=O)N(CCCN(C)C)c1cccs1.O=C(O)C(=O)O. The summed E-state index contributed by atoms with van der Waals surface area (Å²) < 4.78 is 0. The van der Waals surface area contributed by atoms with E-state index in [9.17, 15) is 4.79 Å². The zero-order chi connectivity index (χ0) is 17.1. The molecule has 124 valence electrons. The van der Waals surface area contributed by atoms with Gasteiger partial charge >= 0.3 is 11.9 Å². The summed E-state index contributed by atoms with van der Waals surface area (Å²) in [7, 11) is 4.11. The number of rotatable bonds is 6. The largest absolute Gasteiger partial charge is 0.473 e. The molecule has 1 aromatic heterocycles. The van der Waals surface area contributed by atoms with Crippen molar-refractivity contribution in [3.63, 3.8) is 0 Å². The minimum Gasteiger partial charge on any atom is -0.473 e. The molecule has 0 saturated heterocycles. The first-order valence-corrected chi connectivity index (χ1v) is 7.62. The second-order valence-corrected chi connectivity index (χ2v) is 5.54. The number of hydrogen-bond donors (Lipinski definition) is 2. The zero-order valence-corrected chi connectivity index (χ0v) is 13.8. The summed E-state index contributed by atoms with van der Waals surface area (Å²) in [5.41, 5.74) is 0. The molecule has 0 atom stereocenters. The molecule has 8 heteroatoms. The standard InChI is InChI=1S/C12H20N2OS.C2H2O4/c1-4-11(15)14(9-6-8-13(2)3)12-7-5-10-16-12;3-1(4)2(5)6/h5,7,10H,4,6,8-9H2,1-3H3;(H,3,4)(H,5,6). The molecule has 0 aromatic carbocycles. The molecule has 0 saturated carbocycles. The quantitative estimate of drug-likeness (QED) is 0.769. The predicted octanol–water partition coefficient (Wildman–Crippen LogP) is 1.60. The highest BCUT2D eigenvalue weighted by atomic mass is 32.1. The van der Waals surface area contributed by atoms with Crippen LogP contribution in [0.5, 0.6) is 0 Å². The van der Waals surface area contributed by atoms with Gasteiger partial charge in [-0.1, -0.05) is 6.92 Å². The van der Waals surface area contributed by atoms with Gasteiger partial charge in [0.25, 0.3) is 0 Å². The fourth-order valence-corrected chi connectivity index (χ4v) is 2.29. The van der Waals surface area contributed by atoms with E-state index in [1.54, 1.807) is 11.3 Å². The Morgan fingerprint density at radius 2 is 1.73 bits per heavy atom. The van der Waals surface area contributed by atoms with Crippen molar-refractivity contribution in [2.24, 2.45) is 0 Å². The molecule has 0 aliphatic heterocycles. The lowest BCUT2D eigenvalue weighted by Crippen LogP contribution is -2.32. The van der Waals surface area contributed by atoms with Crippen molar-refractivity contribution in [3.05, 3.63) is 17.5 Å². The number of aliphatic carboxylic acids is 2. The molecule has 1 rings (SSSR count). The van der Waals surface area contributed by atoms with Gasteiger partial charge in [-0.15, -0.1) is 11.3 Å². The highest BCUT2D eigenvalue weighted by Crippen LogP contribution is 2.22. The van der Waals surface area contributed by atoms with E-state index in [0.717, 1.165) is 24.5 Å². The van der Waals surface area contributed by atoms with Gasteiger partial charge in [0, 0.05) is 13.0 Å². The fourth-order valence-electron chi connectivity index (χ4n) is 1.52. The topological polar surface area (TPSA) is 98.2 Å². The second kappa shape index (κ2) is 10.7. The highest BCUT2D eigenvalue weighted by Gasteiger charge is 2.14. The van der Waals surface area contributed by atoms with Gasteiger partial charge in [0.1, 0.15) is 0 Å². The number of carboxylic acid groups (broad SMARTS) is 2. The number of amides is 1. The van der Waals surface area contributed by atoms with Crippen LogP contribution in [0.15, 0.2) is 17.5 Å². The zero-order valence-electron chi connectivity index (χ0n) is 13.0. The van der Waals surface area contributed by atoms with Crippen LogP contribution in [0.1, 0.15) is 19.8 Å². The van der Waals surface area contributed by atoms with Crippen molar-refractivity contribution < 1.29 is 24.6 Å². The van der Waals surface area contributed by atoms with Crippen molar-refractivity contribution in [1.29, 1.82) is 0 Å². The summed E-state index contributed by atoms with van der Waals surface area (Å²) >= 11 is 1.63. The van der Waals surface area contributed by atoms with Gasteiger partial charge in [-0.25, -0.2) is 9.59 Å². The lowest BCUT2D eigenvalue weighted by molar-refractivity contribution is -0.159. The van der Waals surface area contributed by atoms with Crippen LogP contribution in [-0.4, -0.2) is 60.1 Å². The van der Waals surface area contributed by atoms with Crippen LogP contribution in [-0.2, 0) is 14.4 Å². The van der Waals surface area contributed by atoms with Gasteiger partial charge in [0.05, 0.1) is 5.00 Å². The summed E-state index contributed by atoms with van der Waals surface area (Å²) in [4.78, 5) is 34.0. The molecular weight excluding hydrogens is 308 g/mol. The van der Waals surface area contributed by atoms with Crippen LogP contribution in [0, 0.1) is 0 Å². The molecule has 1 aromatic rings. The summed E-state index contributed by atoms with van der Waals surface area (Å²) in [5, 5.41) is 17.9. The Kier molecular flexibility index (Phi) is 9.80. The number of nitrogens with zero attached hydrogens (tertiary/aromatic N) is 2. The normalized spacial score (nSPS) is 9.82. The maximum atomic E-state index is 11.8. The Labute approximate surface area is 133 Å². The molecule has 1 amide bonds. The van der Waals surface area contributed by atoms with Gasteiger partial charge in [-0.05, 0) is 44.6 Å². The second-order valence-electron chi connectivity index (χ2n) is 4.62. The van der Waals surface area contributed by atoms with Crippen LogP contribution in [0.3, 0.4) is 0 Å². The summed E-state index contributed by atoms with van der Waals surface area (Å²) in [5.74, 6) is -3.44. The molecule has 7 nitrogen and oxygen atoms in total. The summed E-state index contributed by atoms with van der Waals surface area (Å²) in [6.45, 7) is 3.74. The Balaban J connectivity index is 0.000000626. The number of carbonyl (C=O) groups excluding carboxylic acids is 1. The maximum absolute atomic E-state index is 11.8. The van der Waals surface area contributed by atoms with E-state index in [0.29, 0.717) is 6.42 Å². The first-order chi connectivity index (χ1) is 10.3. The van der Waals surface area contributed by atoms with Crippen molar-refractivity contribution in [2.75, 3.05) is 32.1 Å². The molecule has 0 aliphatic rings. The third-order valence-corrected chi connectivity index (χ3v) is 3.44. The Hall–Kier alpha value is -1.93. The van der Waals surface area contributed by atoms with Gasteiger partial charge in [0.2, 0.25) is 5.91 Å². The highest BCUT2D eigenvalue weighted by molar-refractivity contribution is 7.14. The molecule has 0 radical (unpaired) electrons. The number of thiophene rings is 1. The minimum absolute atomic E-state index is 0.209. The van der Waals surface area contributed by atoms with E-state index in [2.05, 4.69) is 19.0 Å². The molecule has 0 unspecified atom stereocenters. The van der Waals surface area contributed by atoms with E-state index in [-0.39, 0.29) is 5.91 Å². The van der Waals surface area contributed by atoms with Gasteiger partial charge < -0.3 is 20.0 Å². The Bertz CT molecular complexity index is 462. The van der Waals surface area contributed by atoms with E-state index in [1.807, 2.05) is 29.3 Å². The van der Waals surface area contributed by atoms with Crippen molar-refractivity contribution in [2.45, 2.75) is 19.8 Å². The van der Waals surface area contributed by atoms with Crippen molar-refractivity contribution in [1.82, 2.24) is 4.90 Å². The van der Waals surface area contributed by atoms with E-state index in [1.165, 1.54) is 0 Å². The lowest BCUT2D eigenvalue weighted by atomic mass is 10.3. The lowest BCUT2D eigenvalue weighted by Gasteiger charge is -2.21. The van der Waals surface area contributed by atoms with Gasteiger partial charge in [0.15, 0.2) is 0 Å². The average Bonchev–Trinajstić information content (AvgIpc) is 2.97. The van der Waals surface area contributed by atoms with Gasteiger partial charge in [-0.3, -0.25) is 4.79 Å². The van der Waals surface area contributed by atoms with E-state index in [4.69, 9.17) is 19.8 Å². The Morgan fingerprint density at radius 1 is 1.14 bits per heavy atom. The predicted molar refractivity (Wildman–Crippen MR) is 85.4 cm³/mol. The number of carboxylic acids is 2. The molecule has 0 aliphatic carbocycles. The van der Waals surface area contributed by atoms with Crippen LogP contribution < -0.4 is 4.90 Å². The van der Waals surface area contributed by atoms with Gasteiger partial charge in [-0.2, -0.15) is 0 Å². The first-order valence-electron chi connectivity index (χ1n) is 6.74. The Morgan fingerprint density at radius 3 is 2.09 bits per heavy atom. The van der Waals surface area contributed by atoms with E-state index >= 15 is 0 Å². The number of anilines is 1. The third-order valence-electron chi connectivity index (χ3n) is 2.55. The smallest absolute Gasteiger partial charge is 0.414 e. The monoisotopic (exact) mass is 330 g/mol. The fraction of sp³-hybridized carbons (Fsp3) is 0.500. The number of hydrogen-bond acceptors (Lipinski definition) is 5. The molecule has 0 fully saturated rings.